The van der Waals surface area contributed by atoms with Gasteiger partial charge in [0, 0.05) is 0 Å². The van der Waals surface area contributed by atoms with Gasteiger partial charge in [-0.1, -0.05) is 0 Å². The summed E-state index contributed by atoms with van der Waals surface area (Å²) in [4.78, 5) is 51.4. The molecule has 12 nitrogen and oxygen atoms in total. The smallest absolute Gasteiger partial charge is 0.790 e. The van der Waals surface area contributed by atoms with E-state index in [2.05, 4.69) is 9.05 Å². The molecule has 16 heteroatoms. The van der Waals surface area contributed by atoms with Crippen LogP contribution in [0.4, 0.5) is 0 Å². The SMILES string of the molecule is O=C(COP(=O)([O-])[O-])C(O)C(O)C(O)COP(=O)([O-])[O-].[Ca+2].[Ca+2]. The number of ketones is 1. The molecule has 0 saturated carbocycles. The number of carbonyl (C=O) groups is 1. The number of aliphatic hydroxyl groups excluding tert-OH is 3. The van der Waals surface area contributed by atoms with Gasteiger partial charge >= 0.3 is 75.5 Å². The Morgan fingerprint density at radius 1 is 0.955 bits per heavy atom. The van der Waals surface area contributed by atoms with Crippen molar-refractivity contribution in [2.45, 2.75) is 18.3 Å². The van der Waals surface area contributed by atoms with Crippen LogP contribution in [0.2, 0.25) is 0 Å². The fourth-order valence-corrected chi connectivity index (χ4v) is 1.52. The molecule has 0 aliphatic heterocycles. The molecule has 0 bridgehead atoms. The van der Waals surface area contributed by atoms with E-state index in [1.807, 2.05) is 0 Å². The van der Waals surface area contributed by atoms with Crippen molar-refractivity contribution in [2.24, 2.45) is 0 Å². The molecule has 3 N–H and O–H groups in total. The van der Waals surface area contributed by atoms with E-state index in [0.29, 0.717) is 0 Å². The predicted octanol–water partition coefficient (Wildman–Crippen LogP) is -6.43. The summed E-state index contributed by atoms with van der Waals surface area (Å²) in [5.74, 6) is -1.48. The van der Waals surface area contributed by atoms with Gasteiger partial charge in [-0.3, -0.25) is 4.79 Å². The van der Waals surface area contributed by atoms with E-state index in [4.69, 9.17) is 10.2 Å². The van der Waals surface area contributed by atoms with Crippen LogP contribution in [0.1, 0.15) is 0 Å². The first-order chi connectivity index (χ1) is 8.83. The molecule has 0 fully saturated rings. The first kappa shape index (κ1) is 29.1. The van der Waals surface area contributed by atoms with E-state index in [1.54, 1.807) is 0 Å². The minimum Gasteiger partial charge on any atom is -0.790 e. The Bertz CT molecular complexity index is 420. The van der Waals surface area contributed by atoms with Crippen LogP contribution < -0.4 is 19.6 Å². The quantitative estimate of drug-likeness (QED) is 0.236. The maximum atomic E-state index is 11.1. The van der Waals surface area contributed by atoms with Crippen LogP contribution in [0.25, 0.3) is 0 Å². The van der Waals surface area contributed by atoms with Crippen molar-refractivity contribution in [3.8, 4) is 0 Å². The van der Waals surface area contributed by atoms with Gasteiger partial charge in [0.25, 0.3) is 0 Å². The van der Waals surface area contributed by atoms with Crippen LogP contribution in [0.3, 0.4) is 0 Å². The van der Waals surface area contributed by atoms with Crippen molar-refractivity contribution in [3.05, 3.63) is 0 Å². The Balaban J connectivity index is -0.00000180. The van der Waals surface area contributed by atoms with E-state index in [0.717, 1.165) is 0 Å². The van der Waals surface area contributed by atoms with Crippen LogP contribution in [0, 0.1) is 0 Å². The van der Waals surface area contributed by atoms with Gasteiger partial charge < -0.3 is 53.1 Å². The van der Waals surface area contributed by atoms with Crippen LogP contribution >= 0.6 is 15.6 Å². The summed E-state index contributed by atoms with van der Waals surface area (Å²) in [6, 6.07) is 0. The number of Topliss-reactive ketones (excluding diaryl/α,β-unsaturated/α-hetero) is 1. The zero-order valence-electron chi connectivity index (χ0n) is 11.0. The number of phosphoric ester groups is 2. The van der Waals surface area contributed by atoms with Crippen molar-refractivity contribution in [2.75, 3.05) is 13.2 Å². The fourth-order valence-electron chi connectivity index (χ4n) is 0.895. The third-order valence-corrected chi connectivity index (χ3v) is 2.73. The molecule has 120 valence electrons. The first-order valence-electron chi connectivity index (χ1n) is 4.73. The second-order valence-corrected chi connectivity index (χ2v) is 5.74. The van der Waals surface area contributed by atoms with Gasteiger partial charge in [0.05, 0.1) is 22.3 Å². The largest absolute Gasteiger partial charge is 2.00 e. The van der Waals surface area contributed by atoms with Gasteiger partial charge in [-0.05, 0) is 0 Å². The molecule has 0 aromatic carbocycles. The third kappa shape index (κ3) is 14.6. The Labute approximate surface area is 184 Å². The van der Waals surface area contributed by atoms with Gasteiger partial charge in [0.15, 0.2) is 5.78 Å². The molecule has 0 rings (SSSR count). The second kappa shape index (κ2) is 12.6. The number of hydrogen-bond donors (Lipinski definition) is 3. The number of rotatable bonds is 9. The maximum absolute atomic E-state index is 11.1. The topological polar surface area (TPSA) is 223 Å². The Morgan fingerprint density at radius 2 is 1.36 bits per heavy atom. The van der Waals surface area contributed by atoms with Crippen LogP contribution in [0.15, 0.2) is 0 Å². The maximum Gasteiger partial charge on any atom is 2.00 e. The molecule has 0 radical (unpaired) electrons. The minimum atomic E-state index is -5.47. The third-order valence-electron chi connectivity index (χ3n) is 1.82. The van der Waals surface area contributed by atoms with Crippen LogP contribution in [-0.2, 0) is 23.0 Å². The monoisotopic (exact) mass is 416 g/mol. The van der Waals surface area contributed by atoms with Gasteiger partial charge in [-0.2, -0.15) is 0 Å². The van der Waals surface area contributed by atoms with E-state index >= 15 is 0 Å². The molecule has 0 spiro atoms. The normalized spacial score (nSPS) is 16.0. The molecular formula is C6H10Ca2O12P2. The average molecular weight is 416 g/mol. The molecule has 3 unspecified atom stereocenters. The summed E-state index contributed by atoms with van der Waals surface area (Å²) in [5, 5.41) is 27.5. The molecule has 3 atom stereocenters. The van der Waals surface area contributed by atoms with Gasteiger partial charge in [-0.25, -0.2) is 0 Å². The van der Waals surface area contributed by atoms with E-state index in [1.165, 1.54) is 0 Å². The molecular weight excluding hydrogens is 406 g/mol. The molecule has 0 heterocycles. The second-order valence-electron chi connectivity index (χ2n) is 3.43. The summed E-state index contributed by atoms with van der Waals surface area (Å²) in [7, 11) is -10.9. The molecule has 0 saturated heterocycles. The Hall–Kier alpha value is 2.29. The summed E-state index contributed by atoms with van der Waals surface area (Å²) >= 11 is 0. The van der Waals surface area contributed by atoms with Gasteiger partial charge in [0.1, 0.15) is 24.9 Å². The Kier molecular flexibility index (Phi) is 16.7. The average Bonchev–Trinajstić information content (AvgIpc) is 2.29. The van der Waals surface area contributed by atoms with Crippen molar-refractivity contribution >= 4 is 96.9 Å². The zero-order valence-corrected chi connectivity index (χ0v) is 17.2. The molecule has 0 aromatic rings. The number of aliphatic hydroxyl groups is 3. The first-order valence-corrected chi connectivity index (χ1v) is 7.65. The number of phosphoric acid groups is 2. The predicted molar refractivity (Wildman–Crippen MR) is 61.7 cm³/mol. The van der Waals surface area contributed by atoms with Crippen LogP contribution in [0.5, 0.6) is 0 Å². The van der Waals surface area contributed by atoms with E-state index in [9.17, 15) is 38.6 Å². The van der Waals surface area contributed by atoms with Gasteiger partial charge in [0.2, 0.25) is 0 Å². The van der Waals surface area contributed by atoms with Crippen molar-refractivity contribution in [1.82, 2.24) is 0 Å². The molecule has 0 aliphatic rings. The zero-order chi connectivity index (χ0) is 16.1. The van der Waals surface area contributed by atoms with Crippen molar-refractivity contribution in [1.29, 1.82) is 0 Å². The summed E-state index contributed by atoms with van der Waals surface area (Å²) < 4.78 is 27.3. The van der Waals surface area contributed by atoms with Crippen molar-refractivity contribution in [3.63, 3.8) is 0 Å². The fraction of sp³-hybridized carbons (Fsp3) is 0.833. The van der Waals surface area contributed by atoms with E-state index in [-0.39, 0.29) is 75.5 Å². The van der Waals surface area contributed by atoms with Crippen molar-refractivity contribution < 1.29 is 57.9 Å². The standard InChI is InChI=1S/C6H14O12P2.2Ca/c7-3(1-17-19(11,12)13)5(9)6(10)4(8)2-18-20(14,15)16;;/h3,5-7,9-10H,1-2H2,(H2,11,12,13)(H2,14,15,16);;/q;2*+2/p-4. The molecule has 0 aromatic heterocycles. The minimum absolute atomic E-state index is 0. The van der Waals surface area contributed by atoms with Crippen LogP contribution in [-0.4, -0.2) is 128 Å². The number of hydrogen-bond acceptors (Lipinski definition) is 12. The summed E-state index contributed by atoms with van der Waals surface area (Å²) in [6.45, 7) is -2.63. The molecule has 22 heavy (non-hydrogen) atoms. The Morgan fingerprint density at radius 3 is 1.73 bits per heavy atom. The van der Waals surface area contributed by atoms with E-state index < -0.39 is 53.0 Å². The summed E-state index contributed by atoms with van der Waals surface area (Å²) in [6.07, 6.45) is -6.83. The number of carbonyl (C=O) groups excluding carboxylic acids is 1. The summed E-state index contributed by atoms with van der Waals surface area (Å²) in [5.41, 5.74) is 0. The molecule has 0 aliphatic carbocycles. The molecule has 0 amide bonds. The van der Waals surface area contributed by atoms with Gasteiger partial charge in [-0.15, -0.1) is 0 Å².